The molecule has 0 aliphatic rings. The number of rotatable bonds is 6. The SMILES string of the molecule is Cc1ccc(OCC=CCOc2ccc(C)cc2)cc1. The van der Waals surface area contributed by atoms with Crippen LogP contribution in [0.15, 0.2) is 60.7 Å². The van der Waals surface area contributed by atoms with Crippen LogP contribution in [-0.4, -0.2) is 13.2 Å². The van der Waals surface area contributed by atoms with E-state index in [1.807, 2.05) is 60.7 Å². The average Bonchev–Trinajstić information content (AvgIpc) is 2.46. The van der Waals surface area contributed by atoms with E-state index in [1.165, 1.54) is 11.1 Å². The highest BCUT2D eigenvalue weighted by atomic mass is 16.5. The minimum atomic E-state index is 0.556. The Balaban J connectivity index is 1.67. The zero-order chi connectivity index (χ0) is 14.2. The van der Waals surface area contributed by atoms with E-state index in [1.54, 1.807) is 0 Å². The predicted molar refractivity (Wildman–Crippen MR) is 82.5 cm³/mol. The van der Waals surface area contributed by atoms with Gasteiger partial charge in [0.25, 0.3) is 0 Å². The van der Waals surface area contributed by atoms with E-state index in [2.05, 4.69) is 13.8 Å². The van der Waals surface area contributed by atoms with Crippen LogP contribution in [0.4, 0.5) is 0 Å². The van der Waals surface area contributed by atoms with Gasteiger partial charge in [0.05, 0.1) is 0 Å². The third-order valence-electron chi connectivity index (χ3n) is 2.90. The molecule has 0 fully saturated rings. The number of benzene rings is 2. The predicted octanol–water partition coefficient (Wildman–Crippen LogP) is 4.32. The maximum atomic E-state index is 5.59. The van der Waals surface area contributed by atoms with Crippen molar-refractivity contribution in [1.29, 1.82) is 0 Å². The molecule has 0 bridgehead atoms. The van der Waals surface area contributed by atoms with Crippen LogP contribution in [0.2, 0.25) is 0 Å². The van der Waals surface area contributed by atoms with E-state index in [4.69, 9.17) is 9.47 Å². The molecule has 2 heteroatoms. The van der Waals surface area contributed by atoms with Crippen molar-refractivity contribution in [3.8, 4) is 11.5 Å². The Hall–Kier alpha value is -2.22. The van der Waals surface area contributed by atoms with Crippen LogP contribution in [0.5, 0.6) is 11.5 Å². The van der Waals surface area contributed by atoms with Crippen molar-refractivity contribution in [2.75, 3.05) is 13.2 Å². The molecule has 0 aliphatic heterocycles. The van der Waals surface area contributed by atoms with Crippen molar-refractivity contribution in [3.63, 3.8) is 0 Å². The summed E-state index contributed by atoms with van der Waals surface area (Å²) in [6.45, 7) is 5.23. The van der Waals surface area contributed by atoms with E-state index < -0.39 is 0 Å². The Bertz CT molecular complexity index is 487. The topological polar surface area (TPSA) is 18.5 Å². The molecule has 0 heterocycles. The van der Waals surface area contributed by atoms with Gasteiger partial charge in [0.15, 0.2) is 0 Å². The molecule has 20 heavy (non-hydrogen) atoms. The van der Waals surface area contributed by atoms with E-state index in [0.717, 1.165) is 11.5 Å². The molecule has 104 valence electrons. The Morgan fingerprint density at radius 1 is 0.650 bits per heavy atom. The monoisotopic (exact) mass is 268 g/mol. The molecular weight excluding hydrogens is 248 g/mol. The lowest BCUT2D eigenvalue weighted by Crippen LogP contribution is -1.96. The summed E-state index contributed by atoms with van der Waals surface area (Å²) < 4.78 is 11.2. The lowest BCUT2D eigenvalue weighted by Gasteiger charge is -2.04. The second kappa shape index (κ2) is 7.39. The molecule has 0 unspecified atom stereocenters. The van der Waals surface area contributed by atoms with Gasteiger partial charge in [0.1, 0.15) is 24.7 Å². The maximum Gasteiger partial charge on any atom is 0.119 e. The first-order valence-corrected chi connectivity index (χ1v) is 6.78. The summed E-state index contributed by atoms with van der Waals surface area (Å²) in [6.07, 6.45) is 3.93. The molecular formula is C18H20O2. The molecule has 0 aromatic heterocycles. The van der Waals surface area contributed by atoms with Crippen LogP contribution in [0.25, 0.3) is 0 Å². The smallest absolute Gasteiger partial charge is 0.119 e. The van der Waals surface area contributed by atoms with Crippen molar-refractivity contribution in [1.82, 2.24) is 0 Å². The standard InChI is InChI=1S/C18H20O2/c1-15-5-9-17(10-6-15)19-13-3-4-14-20-18-11-7-16(2)8-12-18/h3-12H,13-14H2,1-2H3. The Morgan fingerprint density at radius 2 is 1.00 bits per heavy atom. The molecule has 2 nitrogen and oxygen atoms in total. The van der Waals surface area contributed by atoms with Crippen molar-refractivity contribution in [2.45, 2.75) is 13.8 Å². The zero-order valence-electron chi connectivity index (χ0n) is 12.0. The number of hydrogen-bond donors (Lipinski definition) is 0. The zero-order valence-corrected chi connectivity index (χ0v) is 12.0. The fraction of sp³-hybridized carbons (Fsp3) is 0.222. The molecule has 2 aromatic carbocycles. The molecule has 0 amide bonds. The van der Waals surface area contributed by atoms with Gasteiger partial charge < -0.3 is 9.47 Å². The minimum absolute atomic E-state index is 0.556. The molecule has 0 saturated heterocycles. The van der Waals surface area contributed by atoms with Gasteiger partial charge in [0, 0.05) is 0 Å². The van der Waals surface area contributed by atoms with Gasteiger partial charge in [-0.3, -0.25) is 0 Å². The lowest BCUT2D eigenvalue weighted by molar-refractivity contribution is 0.350. The molecule has 2 aromatic rings. The summed E-state index contributed by atoms with van der Waals surface area (Å²) in [5.41, 5.74) is 2.47. The van der Waals surface area contributed by atoms with Crippen LogP contribution in [0.3, 0.4) is 0 Å². The molecule has 0 radical (unpaired) electrons. The van der Waals surface area contributed by atoms with Gasteiger partial charge in [-0.15, -0.1) is 0 Å². The summed E-state index contributed by atoms with van der Waals surface area (Å²) in [7, 11) is 0. The van der Waals surface area contributed by atoms with Crippen LogP contribution in [0, 0.1) is 13.8 Å². The van der Waals surface area contributed by atoms with Gasteiger partial charge in [-0.2, -0.15) is 0 Å². The second-order valence-corrected chi connectivity index (χ2v) is 4.72. The largest absolute Gasteiger partial charge is 0.490 e. The van der Waals surface area contributed by atoms with Gasteiger partial charge in [-0.25, -0.2) is 0 Å². The first-order valence-electron chi connectivity index (χ1n) is 6.78. The maximum absolute atomic E-state index is 5.59. The van der Waals surface area contributed by atoms with E-state index in [9.17, 15) is 0 Å². The highest BCUT2D eigenvalue weighted by molar-refractivity contribution is 5.27. The van der Waals surface area contributed by atoms with Crippen molar-refractivity contribution in [3.05, 3.63) is 71.8 Å². The molecule has 2 rings (SSSR count). The van der Waals surface area contributed by atoms with Crippen LogP contribution in [-0.2, 0) is 0 Å². The van der Waals surface area contributed by atoms with E-state index in [0.29, 0.717) is 13.2 Å². The fourth-order valence-electron chi connectivity index (χ4n) is 1.69. The van der Waals surface area contributed by atoms with Crippen LogP contribution in [0.1, 0.15) is 11.1 Å². The fourth-order valence-corrected chi connectivity index (χ4v) is 1.69. The second-order valence-electron chi connectivity index (χ2n) is 4.72. The Kier molecular flexibility index (Phi) is 5.24. The highest BCUT2D eigenvalue weighted by Gasteiger charge is 1.91. The van der Waals surface area contributed by atoms with E-state index >= 15 is 0 Å². The van der Waals surface area contributed by atoms with Gasteiger partial charge in [-0.1, -0.05) is 35.4 Å². The minimum Gasteiger partial charge on any atom is -0.490 e. The molecule has 0 saturated carbocycles. The summed E-state index contributed by atoms with van der Waals surface area (Å²) in [5.74, 6) is 1.78. The highest BCUT2D eigenvalue weighted by Crippen LogP contribution is 2.12. The van der Waals surface area contributed by atoms with Crippen molar-refractivity contribution < 1.29 is 9.47 Å². The summed E-state index contributed by atoms with van der Waals surface area (Å²) >= 11 is 0. The molecule has 0 spiro atoms. The number of aryl methyl sites for hydroxylation is 2. The first kappa shape index (κ1) is 14.2. The van der Waals surface area contributed by atoms with Crippen LogP contribution >= 0.6 is 0 Å². The normalized spacial score (nSPS) is 10.7. The molecule has 0 aliphatic carbocycles. The summed E-state index contributed by atoms with van der Waals surface area (Å²) in [4.78, 5) is 0. The third kappa shape index (κ3) is 4.81. The quantitative estimate of drug-likeness (QED) is 0.726. The first-order chi connectivity index (χ1) is 9.74. The van der Waals surface area contributed by atoms with Gasteiger partial charge >= 0.3 is 0 Å². The van der Waals surface area contributed by atoms with Crippen molar-refractivity contribution in [2.24, 2.45) is 0 Å². The lowest BCUT2D eigenvalue weighted by atomic mass is 10.2. The average molecular weight is 268 g/mol. The summed E-state index contributed by atoms with van der Waals surface area (Å²) in [5, 5.41) is 0. The number of hydrogen-bond acceptors (Lipinski definition) is 2. The Labute approximate surface area is 120 Å². The van der Waals surface area contributed by atoms with Crippen LogP contribution < -0.4 is 9.47 Å². The molecule has 0 atom stereocenters. The van der Waals surface area contributed by atoms with Gasteiger partial charge in [-0.05, 0) is 50.3 Å². The van der Waals surface area contributed by atoms with E-state index in [-0.39, 0.29) is 0 Å². The van der Waals surface area contributed by atoms with Crippen molar-refractivity contribution >= 4 is 0 Å². The Morgan fingerprint density at radius 3 is 1.35 bits per heavy atom. The number of ether oxygens (including phenoxy) is 2. The summed E-state index contributed by atoms with van der Waals surface area (Å²) in [6, 6.07) is 16.1. The third-order valence-corrected chi connectivity index (χ3v) is 2.90. The van der Waals surface area contributed by atoms with Gasteiger partial charge in [0.2, 0.25) is 0 Å². The molecule has 0 N–H and O–H groups in total.